The number of ether oxygens (including phenoxy) is 1. The summed E-state index contributed by atoms with van der Waals surface area (Å²) in [5.41, 5.74) is 3.21. The van der Waals surface area contributed by atoms with Gasteiger partial charge in [0.2, 0.25) is 5.91 Å². The molecular formula is C30H28N2O5. The van der Waals surface area contributed by atoms with Crippen LogP contribution in [0.3, 0.4) is 0 Å². The second kappa shape index (κ2) is 10.7. The topological polar surface area (TPSA) is 88.8 Å². The number of hydrogen-bond donors (Lipinski definition) is 1. The maximum atomic E-state index is 13.2. The molecule has 0 atom stereocenters. The Morgan fingerprint density at radius 1 is 0.946 bits per heavy atom. The maximum Gasteiger partial charge on any atom is 0.306 e. The first kappa shape index (κ1) is 24.3. The van der Waals surface area contributed by atoms with Crippen LogP contribution >= 0.6 is 0 Å². The number of carbonyl (C=O) groups is 3. The van der Waals surface area contributed by atoms with Crippen LogP contribution in [0.4, 0.5) is 5.69 Å². The number of furan rings is 1. The summed E-state index contributed by atoms with van der Waals surface area (Å²) in [5.74, 6) is 1.01. The monoisotopic (exact) mass is 496 g/mol. The highest BCUT2D eigenvalue weighted by atomic mass is 16.5. The first-order valence-corrected chi connectivity index (χ1v) is 12.5. The minimum atomic E-state index is -0.382. The highest BCUT2D eigenvalue weighted by Gasteiger charge is 2.25. The molecule has 0 saturated heterocycles. The fourth-order valence-corrected chi connectivity index (χ4v) is 4.54. The van der Waals surface area contributed by atoms with Gasteiger partial charge in [0.25, 0.3) is 5.91 Å². The van der Waals surface area contributed by atoms with Crippen molar-refractivity contribution in [3.63, 3.8) is 0 Å². The van der Waals surface area contributed by atoms with Crippen LogP contribution in [0.5, 0.6) is 0 Å². The zero-order chi connectivity index (χ0) is 25.8. The Bertz CT molecular complexity index is 1450. The van der Waals surface area contributed by atoms with E-state index in [0.717, 1.165) is 33.4 Å². The van der Waals surface area contributed by atoms with Crippen molar-refractivity contribution in [2.45, 2.75) is 32.7 Å². The molecule has 4 aromatic rings. The lowest BCUT2D eigenvalue weighted by Gasteiger charge is -2.26. The second-order valence-corrected chi connectivity index (χ2v) is 9.03. The Balaban J connectivity index is 1.22. The lowest BCUT2D eigenvalue weighted by Crippen LogP contribution is -2.35. The molecule has 1 aliphatic heterocycles. The minimum absolute atomic E-state index is 0.0159. The molecule has 3 aromatic carbocycles. The third kappa shape index (κ3) is 5.56. The summed E-state index contributed by atoms with van der Waals surface area (Å²) in [6.07, 6.45) is 0.777. The summed E-state index contributed by atoms with van der Waals surface area (Å²) in [7, 11) is 0. The second-order valence-electron chi connectivity index (χ2n) is 9.03. The molecule has 1 N–H and O–H groups in total. The third-order valence-corrected chi connectivity index (χ3v) is 6.46. The van der Waals surface area contributed by atoms with E-state index in [9.17, 15) is 14.4 Å². The van der Waals surface area contributed by atoms with Gasteiger partial charge >= 0.3 is 5.97 Å². The molecule has 0 fully saturated rings. The summed E-state index contributed by atoms with van der Waals surface area (Å²) in [6.45, 7) is 3.13. The lowest BCUT2D eigenvalue weighted by atomic mass is 10.0. The van der Waals surface area contributed by atoms with E-state index in [0.29, 0.717) is 37.4 Å². The molecular weight excluding hydrogens is 468 g/mol. The standard InChI is InChI=1S/C30H28N2O5/c1-2-36-29(34)14-13-28(33)31-25-11-9-21(10-12-25)27-18-24-19-32(16-15-26(24)37-27)30(35)23-8-7-20-5-3-4-6-22(20)17-23/h3-12,17-18H,2,13-16,19H2,1H3,(H,31,33). The van der Waals surface area contributed by atoms with Crippen LogP contribution in [0.25, 0.3) is 22.1 Å². The van der Waals surface area contributed by atoms with Crippen molar-refractivity contribution < 1.29 is 23.5 Å². The number of nitrogens with zero attached hydrogens (tertiary/aromatic N) is 1. The van der Waals surface area contributed by atoms with E-state index in [1.165, 1.54) is 0 Å². The highest BCUT2D eigenvalue weighted by molar-refractivity contribution is 5.98. The number of rotatable bonds is 7. The number of fused-ring (bicyclic) bond motifs is 2. The minimum Gasteiger partial charge on any atom is -0.466 e. The first-order chi connectivity index (χ1) is 18.0. The van der Waals surface area contributed by atoms with E-state index >= 15 is 0 Å². The van der Waals surface area contributed by atoms with Gasteiger partial charge < -0.3 is 19.4 Å². The fourth-order valence-electron chi connectivity index (χ4n) is 4.54. The molecule has 7 heteroatoms. The summed E-state index contributed by atoms with van der Waals surface area (Å²) in [6, 6.07) is 23.2. The predicted molar refractivity (Wildman–Crippen MR) is 141 cm³/mol. The van der Waals surface area contributed by atoms with Crippen molar-refractivity contribution in [1.29, 1.82) is 0 Å². The van der Waals surface area contributed by atoms with E-state index in [1.54, 1.807) is 19.1 Å². The predicted octanol–water partition coefficient (Wildman–Crippen LogP) is 5.58. The van der Waals surface area contributed by atoms with E-state index in [2.05, 4.69) is 5.32 Å². The van der Waals surface area contributed by atoms with E-state index in [4.69, 9.17) is 9.15 Å². The van der Waals surface area contributed by atoms with Gasteiger partial charge in [0.05, 0.1) is 13.0 Å². The Morgan fingerprint density at radius 2 is 1.73 bits per heavy atom. The molecule has 0 unspecified atom stereocenters. The molecule has 5 rings (SSSR count). The average molecular weight is 497 g/mol. The maximum absolute atomic E-state index is 13.2. The quantitative estimate of drug-likeness (QED) is 0.338. The van der Waals surface area contributed by atoms with Crippen molar-refractivity contribution in [2.24, 2.45) is 0 Å². The highest BCUT2D eigenvalue weighted by Crippen LogP contribution is 2.31. The number of nitrogens with one attached hydrogen (secondary N) is 1. The van der Waals surface area contributed by atoms with Crippen LogP contribution in [0.15, 0.2) is 77.2 Å². The Labute approximate surface area is 215 Å². The van der Waals surface area contributed by atoms with Crippen molar-refractivity contribution in [3.05, 3.63) is 89.7 Å². The van der Waals surface area contributed by atoms with Gasteiger partial charge in [-0.05, 0) is 60.2 Å². The van der Waals surface area contributed by atoms with Crippen LogP contribution in [-0.2, 0) is 27.3 Å². The summed E-state index contributed by atoms with van der Waals surface area (Å²) in [5, 5.41) is 4.95. The van der Waals surface area contributed by atoms with Gasteiger partial charge in [-0.15, -0.1) is 0 Å². The molecule has 2 heterocycles. The average Bonchev–Trinajstić information content (AvgIpc) is 3.35. The summed E-state index contributed by atoms with van der Waals surface area (Å²) < 4.78 is 11.0. The van der Waals surface area contributed by atoms with Gasteiger partial charge in [-0.3, -0.25) is 14.4 Å². The molecule has 1 aromatic heterocycles. The zero-order valence-corrected chi connectivity index (χ0v) is 20.7. The molecule has 188 valence electrons. The van der Waals surface area contributed by atoms with Crippen molar-refractivity contribution in [1.82, 2.24) is 4.90 Å². The number of anilines is 1. The van der Waals surface area contributed by atoms with Crippen LogP contribution in [0, 0.1) is 0 Å². The normalized spacial score (nSPS) is 12.7. The van der Waals surface area contributed by atoms with Crippen LogP contribution < -0.4 is 5.32 Å². The molecule has 0 saturated carbocycles. The largest absolute Gasteiger partial charge is 0.466 e. The smallest absolute Gasteiger partial charge is 0.306 e. The molecule has 2 amide bonds. The van der Waals surface area contributed by atoms with Gasteiger partial charge in [-0.1, -0.05) is 30.3 Å². The van der Waals surface area contributed by atoms with Gasteiger partial charge in [-0.25, -0.2) is 0 Å². The van der Waals surface area contributed by atoms with Gasteiger partial charge in [0, 0.05) is 48.3 Å². The number of hydrogen-bond acceptors (Lipinski definition) is 5. The van der Waals surface area contributed by atoms with Crippen molar-refractivity contribution >= 4 is 34.2 Å². The summed E-state index contributed by atoms with van der Waals surface area (Å²) >= 11 is 0. The van der Waals surface area contributed by atoms with Crippen LogP contribution in [0.1, 0.15) is 41.4 Å². The van der Waals surface area contributed by atoms with E-state index in [-0.39, 0.29) is 30.6 Å². The Kier molecular flexibility index (Phi) is 7.03. The Hall–Kier alpha value is -4.39. The number of carbonyl (C=O) groups excluding carboxylic acids is 3. The van der Waals surface area contributed by atoms with Crippen molar-refractivity contribution in [2.75, 3.05) is 18.5 Å². The van der Waals surface area contributed by atoms with Gasteiger partial charge in [-0.2, -0.15) is 0 Å². The number of benzene rings is 3. The van der Waals surface area contributed by atoms with E-state index in [1.807, 2.05) is 65.6 Å². The lowest BCUT2D eigenvalue weighted by molar-refractivity contribution is -0.144. The fraction of sp³-hybridized carbons (Fsp3) is 0.233. The van der Waals surface area contributed by atoms with Crippen molar-refractivity contribution in [3.8, 4) is 11.3 Å². The molecule has 1 aliphatic rings. The molecule has 7 nitrogen and oxygen atoms in total. The molecule has 37 heavy (non-hydrogen) atoms. The first-order valence-electron chi connectivity index (χ1n) is 12.5. The molecule has 0 spiro atoms. The zero-order valence-electron chi connectivity index (χ0n) is 20.7. The number of amides is 2. The molecule has 0 bridgehead atoms. The number of esters is 1. The van der Waals surface area contributed by atoms with Crippen LogP contribution in [-0.4, -0.2) is 35.8 Å². The third-order valence-electron chi connectivity index (χ3n) is 6.46. The van der Waals surface area contributed by atoms with Gasteiger partial charge in [0.15, 0.2) is 0 Å². The summed E-state index contributed by atoms with van der Waals surface area (Å²) in [4.78, 5) is 38.6. The van der Waals surface area contributed by atoms with E-state index < -0.39 is 0 Å². The molecule has 0 aliphatic carbocycles. The SMILES string of the molecule is CCOC(=O)CCC(=O)Nc1ccc(-c2cc3c(o2)CCN(C(=O)c2ccc4ccccc4c2)C3)cc1. The Morgan fingerprint density at radius 3 is 2.51 bits per heavy atom. The van der Waals surface area contributed by atoms with Gasteiger partial charge in [0.1, 0.15) is 11.5 Å². The molecule has 0 radical (unpaired) electrons. The van der Waals surface area contributed by atoms with Crippen LogP contribution in [0.2, 0.25) is 0 Å².